The third kappa shape index (κ3) is 2.72. The average Bonchev–Trinajstić information content (AvgIpc) is 3.31. The first-order chi connectivity index (χ1) is 11.8. The number of nitrogens with zero attached hydrogens (tertiary/aromatic N) is 1. The largest absolute Gasteiger partial charge is 0.316 e. The lowest BCUT2D eigenvalue weighted by atomic mass is 9.66. The molecule has 1 fully saturated rings. The maximum atomic E-state index is 4.97. The molecule has 1 atom stereocenters. The van der Waals surface area contributed by atoms with Crippen LogP contribution in [0.5, 0.6) is 0 Å². The molecule has 1 aromatic carbocycles. The number of thiazole rings is 1. The van der Waals surface area contributed by atoms with Crippen molar-refractivity contribution >= 4 is 11.3 Å². The van der Waals surface area contributed by atoms with E-state index in [2.05, 4.69) is 42.7 Å². The first-order valence-corrected chi connectivity index (χ1v) is 10.4. The van der Waals surface area contributed by atoms with Crippen LogP contribution in [0, 0.1) is 0 Å². The Kier molecular flexibility index (Phi) is 4.48. The third-order valence-electron chi connectivity index (χ3n) is 6.36. The van der Waals surface area contributed by atoms with E-state index in [9.17, 15) is 0 Å². The predicted octanol–water partition coefficient (Wildman–Crippen LogP) is 5.28. The van der Waals surface area contributed by atoms with Crippen LogP contribution in [0.4, 0.5) is 0 Å². The van der Waals surface area contributed by atoms with Crippen molar-refractivity contribution in [3.8, 4) is 11.3 Å². The molecule has 1 unspecified atom stereocenters. The molecule has 1 N–H and O–H groups in total. The smallest absolute Gasteiger partial charge is 0.0976 e. The summed E-state index contributed by atoms with van der Waals surface area (Å²) in [4.78, 5) is 4.97. The highest BCUT2D eigenvalue weighted by Gasteiger charge is 2.33. The molecule has 0 spiro atoms. The van der Waals surface area contributed by atoms with E-state index in [0.29, 0.717) is 11.3 Å². The third-order valence-corrected chi connectivity index (χ3v) is 7.37. The van der Waals surface area contributed by atoms with Crippen molar-refractivity contribution in [2.24, 2.45) is 0 Å². The molecule has 2 heterocycles. The van der Waals surface area contributed by atoms with Gasteiger partial charge < -0.3 is 5.32 Å². The minimum absolute atomic E-state index is 0.412. The zero-order chi connectivity index (χ0) is 16.6. The zero-order valence-corrected chi connectivity index (χ0v) is 15.7. The summed E-state index contributed by atoms with van der Waals surface area (Å²) in [5.74, 6) is 0.620. The van der Waals surface area contributed by atoms with Crippen molar-refractivity contribution in [2.75, 3.05) is 13.1 Å². The molecule has 128 valence electrons. The van der Waals surface area contributed by atoms with Gasteiger partial charge in [-0.3, -0.25) is 0 Å². The minimum Gasteiger partial charge on any atom is -0.316 e. The summed E-state index contributed by atoms with van der Waals surface area (Å²) in [7, 11) is 0. The Morgan fingerprint density at radius 2 is 2.17 bits per heavy atom. The molecule has 0 amide bonds. The number of rotatable bonds is 4. The van der Waals surface area contributed by atoms with Gasteiger partial charge in [0, 0.05) is 23.4 Å². The van der Waals surface area contributed by atoms with Crippen LogP contribution in [-0.2, 0) is 11.8 Å². The summed E-state index contributed by atoms with van der Waals surface area (Å²) >= 11 is 1.84. The highest BCUT2D eigenvalue weighted by Crippen LogP contribution is 2.43. The summed E-state index contributed by atoms with van der Waals surface area (Å²) in [6.07, 6.45) is 7.65. The average molecular weight is 341 g/mol. The van der Waals surface area contributed by atoms with Crippen molar-refractivity contribution in [3.63, 3.8) is 0 Å². The molecule has 0 radical (unpaired) electrons. The van der Waals surface area contributed by atoms with E-state index >= 15 is 0 Å². The lowest BCUT2D eigenvalue weighted by molar-refractivity contribution is 0.335. The van der Waals surface area contributed by atoms with E-state index in [1.165, 1.54) is 54.8 Å². The molecule has 4 rings (SSSR count). The molecule has 0 bridgehead atoms. The first-order valence-electron chi connectivity index (χ1n) is 9.55. The number of hydrogen-bond donors (Lipinski definition) is 1. The molecule has 1 aliphatic carbocycles. The van der Waals surface area contributed by atoms with Gasteiger partial charge in [-0.25, -0.2) is 4.98 Å². The van der Waals surface area contributed by atoms with Crippen molar-refractivity contribution in [2.45, 2.75) is 63.7 Å². The van der Waals surface area contributed by atoms with Crippen molar-refractivity contribution in [1.82, 2.24) is 10.3 Å². The molecule has 2 nitrogen and oxygen atoms in total. The Balaban J connectivity index is 1.66. The molecule has 1 aliphatic heterocycles. The van der Waals surface area contributed by atoms with Crippen LogP contribution in [0.15, 0.2) is 23.6 Å². The van der Waals surface area contributed by atoms with E-state index in [4.69, 9.17) is 4.98 Å². The minimum atomic E-state index is 0.412. The topological polar surface area (TPSA) is 24.9 Å². The first kappa shape index (κ1) is 16.3. The number of fused-ring (bicyclic) bond motifs is 1. The van der Waals surface area contributed by atoms with Gasteiger partial charge in [0.1, 0.15) is 0 Å². The second kappa shape index (κ2) is 6.61. The van der Waals surface area contributed by atoms with Crippen molar-refractivity contribution in [1.29, 1.82) is 0 Å². The Hall–Kier alpha value is -1.19. The number of aromatic nitrogens is 1. The van der Waals surface area contributed by atoms with Crippen LogP contribution >= 0.6 is 11.3 Å². The fourth-order valence-electron chi connectivity index (χ4n) is 4.69. The van der Waals surface area contributed by atoms with Gasteiger partial charge in [-0.2, -0.15) is 0 Å². The second-order valence-corrected chi connectivity index (χ2v) is 8.36. The number of nitrogens with one attached hydrogen (secondary N) is 1. The molecule has 2 aliphatic rings. The monoisotopic (exact) mass is 340 g/mol. The maximum Gasteiger partial charge on any atom is 0.0976 e. The summed E-state index contributed by atoms with van der Waals surface area (Å²) < 4.78 is 0. The fraction of sp³-hybridized carbons (Fsp3) is 0.571. The Bertz CT molecular complexity index is 708. The van der Waals surface area contributed by atoms with Crippen LogP contribution in [0.25, 0.3) is 11.3 Å². The van der Waals surface area contributed by atoms with E-state index in [1.54, 1.807) is 11.1 Å². The Morgan fingerprint density at radius 1 is 1.29 bits per heavy atom. The van der Waals surface area contributed by atoms with Crippen LogP contribution in [0.1, 0.15) is 68.0 Å². The SMILES string of the molecule is CCC1(CC)CCCc2cc(-c3csc(C4CCNC4)n3)ccc21. The van der Waals surface area contributed by atoms with E-state index in [0.717, 1.165) is 13.1 Å². The normalized spacial score (nSPS) is 22.5. The summed E-state index contributed by atoms with van der Waals surface area (Å²) in [5.41, 5.74) is 6.08. The van der Waals surface area contributed by atoms with Gasteiger partial charge >= 0.3 is 0 Å². The Labute approximate surface area is 149 Å². The molecule has 1 aromatic heterocycles. The molecule has 3 heteroatoms. The van der Waals surface area contributed by atoms with Gasteiger partial charge in [-0.05, 0) is 67.7 Å². The highest BCUT2D eigenvalue weighted by atomic mass is 32.1. The Morgan fingerprint density at radius 3 is 2.92 bits per heavy atom. The predicted molar refractivity (Wildman–Crippen MR) is 103 cm³/mol. The van der Waals surface area contributed by atoms with Gasteiger partial charge in [-0.15, -0.1) is 11.3 Å². The quantitative estimate of drug-likeness (QED) is 0.819. The molecule has 1 saturated heterocycles. The lowest BCUT2D eigenvalue weighted by Gasteiger charge is -2.38. The van der Waals surface area contributed by atoms with E-state index in [1.807, 2.05) is 11.3 Å². The summed E-state index contributed by atoms with van der Waals surface area (Å²) in [5, 5.41) is 7.01. The fourth-order valence-corrected chi connectivity index (χ4v) is 5.65. The number of benzene rings is 1. The van der Waals surface area contributed by atoms with Gasteiger partial charge in [0.05, 0.1) is 10.7 Å². The van der Waals surface area contributed by atoms with E-state index in [-0.39, 0.29) is 0 Å². The van der Waals surface area contributed by atoms with Gasteiger partial charge in [0.25, 0.3) is 0 Å². The van der Waals surface area contributed by atoms with Crippen LogP contribution < -0.4 is 5.32 Å². The van der Waals surface area contributed by atoms with Gasteiger partial charge in [0.2, 0.25) is 0 Å². The van der Waals surface area contributed by atoms with Crippen molar-refractivity contribution in [3.05, 3.63) is 39.7 Å². The van der Waals surface area contributed by atoms with E-state index < -0.39 is 0 Å². The van der Waals surface area contributed by atoms with Crippen molar-refractivity contribution < 1.29 is 0 Å². The summed E-state index contributed by atoms with van der Waals surface area (Å²) in [6.45, 7) is 6.94. The molecule has 2 aromatic rings. The zero-order valence-electron chi connectivity index (χ0n) is 14.9. The molecular formula is C21H28N2S. The standard InChI is InChI=1S/C21H28N2S/c1-3-21(4-2)10-5-6-15-12-16(7-8-18(15)21)19-14-24-20(23-19)17-9-11-22-13-17/h7-8,12,14,17,22H,3-6,9-11,13H2,1-2H3. The maximum absolute atomic E-state index is 4.97. The number of hydrogen-bond acceptors (Lipinski definition) is 3. The van der Waals surface area contributed by atoms with Gasteiger partial charge in [-0.1, -0.05) is 26.0 Å². The van der Waals surface area contributed by atoms with Crippen LogP contribution in [0.3, 0.4) is 0 Å². The van der Waals surface area contributed by atoms with Crippen LogP contribution in [0.2, 0.25) is 0 Å². The molecular weight excluding hydrogens is 312 g/mol. The summed E-state index contributed by atoms with van der Waals surface area (Å²) in [6, 6.07) is 7.16. The lowest BCUT2D eigenvalue weighted by Crippen LogP contribution is -2.29. The van der Waals surface area contributed by atoms with Crippen LogP contribution in [-0.4, -0.2) is 18.1 Å². The number of aryl methyl sites for hydroxylation is 1. The molecule has 0 saturated carbocycles. The highest BCUT2D eigenvalue weighted by molar-refractivity contribution is 7.10. The second-order valence-electron chi connectivity index (χ2n) is 7.47. The van der Waals surface area contributed by atoms with Gasteiger partial charge in [0.15, 0.2) is 0 Å². The molecule has 24 heavy (non-hydrogen) atoms.